The van der Waals surface area contributed by atoms with Gasteiger partial charge in [0.15, 0.2) is 0 Å². The second-order valence-electron chi connectivity index (χ2n) is 5.56. The smallest absolute Gasteiger partial charge is 0.269 e. The molecule has 0 unspecified atom stereocenters. The first-order valence-corrected chi connectivity index (χ1v) is 8.17. The first-order chi connectivity index (χ1) is 12.1. The molecule has 0 bridgehead atoms. The number of carbonyl (C=O) groups excluding carboxylic acids is 1. The summed E-state index contributed by atoms with van der Waals surface area (Å²) in [5.41, 5.74) is 2.07. The number of hydrogen-bond donors (Lipinski definition) is 3. The van der Waals surface area contributed by atoms with Crippen molar-refractivity contribution < 1.29 is 14.6 Å². The van der Waals surface area contributed by atoms with Gasteiger partial charge >= 0.3 is 0 Å². The Kier molecular flexibility index (Phi) is 5.54. The molecule has 2 aromatic heterocycles. The van der Waals surface area contributed by atoms with E-state index in [0.717, 1.165) is 5.56 Å². The maximum absolute atomic E-state index is 11.7. The topological polar surface area (TPSA) is 109 Å². The van der Waals surface area contributed by atoms with Gasteiger partial charge in [0.05, 0.1) is 30.2 Å². The number of morpholine rings is 1. The van der Waals surface area contributed by atoms with Crippen LogP contribution in [-0.4, -0.2) is 58.8 Å². The van der Waals surface area contributed by atoms with Gasteiger partial charge in [-0.05, 0) is 23.8 Å². The van der Waals surface area contributed by atoms with Gasteiger partial charge in [-0.3, -0.25) is 4.79 Å². The summed E-state index contributed by atoms with van der Waals surface area (Å²) in [5, 5.41) is 15.3. The van der Waals surface area contributed by atoms with E-state index in [0.29, 0.717) is 29.6 Å². The monoisotopic (exact) mass is 363 g/mol. The number of rotatable bonds is 4. The quantitative estimate of drug-likeness (QED) is 0.681. The van der Waals surface area contributed by atoms with Gasteiger partial charge in [0.1, 0.15) is 17.2 Å². The summed E-state index contributed by atoms with van der Waals surface area (Å²) in [5.74, 6) is -0.309. The molecule has 1 saturated heterocycles. The Hall–Kier alpha value is -2.13. The van der Waals surface area contributed by atoms with Crippen LogP contribution in [0.15, 0.2) is 24.5 Å². The molecule has 3 N–H and O–H groups in total. The van der Waals surface area contributed by atoms with Gasteiger partial charge in [-0.25, -0.2) is 15.0 Å². The van der Waals surface area contributed by atoms with Crippen LogP contribution >= 0.6 is 11.6 Å². The van der Waals surface area contributed by atoms with Crippen molar-refractivity contribution in [2.45, 2.75) is 12.2 Å². The second kappa shape index (κ2) is 7.83. The van der Waals surface area contributed by atoms with Crippen LogP contribution in [0.4, 0.5) is 0 Å². The van der Waals surface area contributed by atoms with Crippen molar-refractivity contribution in [1.29, 1.82) is 0 Å². The van der Waals surface area contributed by atoms with E-state index >= 15 is 0 Å². The average molecular weight is 364 g/mol. The minimum Gasteiger partial charge on any atom is -0.394 e. The third kappa shape index (κ3) is 4.10. The average Bonchev–Trinajstić information content (AvgIpc) is 2.67. The molecule has 1 aliphatic rings. The summed E-state index contributed by atoms with van der Waals surface area (Å²) in [4.78, 5) is 24.2. The first kappa shape index (κ1) is 17.7. The standard InChI is InChI=1S/C16H18ClN5O3/c1-18-16(24)13-4-11(20-8-21-13)12-2-9(3-15(17)22-12)14-6-19-5-10(7-23)25-14/h2-4,8,10,14,19,23H,5-7H2,1H3,(H,18,24)/t10-,14-/m0/s1. The highest BCUT2D eigenvalue weighted by Gasteiger charge is 2.24. The summed E-state index contributed by atoms with van der Waals surface area (Å²) < 4.78 is 5.85. The number of amides is 1. The van der Waals surface area contributed by atoms with Crippen LogP contribution in [0, 0.1) is 0 Å². The summed E-state index contributed by atoms with van der Waals surface area (Å²) in [6.07, 6.45) is 0.779. The van der Waals surface area contributed by atoms with E-state index in [1.165, 1.54) is 13.4 Å². The zero-order chi connectivity index (χ0) is 17.8. The van der Waals surface area contributed by atoms with Crippen LogP contribution in [0.1, 0.15) is 22.2 Å². The van der Waals surface area contributed by atoms with Crippen molar-refractivity contribution in [3.63, 3.8) is 0 Å². The Morgan fingerprint density at radius 2 is 2.20 bits per heavy atom. The minimum atomic E-state index is -0.309. The highest BCUT2D eigenvalue weighted by atomic mass is 35.5. The van der Waals surface area contributed by atoms with Gasteiger partial charge in [0, 0.05) is 20.1 Å². The predicted molar refractivity (Wildman–Crippen MR) is 91.2 cm³/mol. The highest BCUT2D eigenvalue weighted by Crippen LogP contribution is 2.27. The van der Waals surface area contributed by atoms with Crippen LogP contribution in [-0.2, 0) is 4.74 Å². The molecule has 0 saturated carbocycles. The Morgan fingerprint density at radius 1 is 1.36 bits per heavy atom. The van der Waals surface area contributed by atoms with Crippen molar-refractivity contribution in [3.8, 4) is 11.4 Å². The number of nitrogens with zero attached hydrogens (tertiary/aromatic N) is 3. The van der Waals surface area contributed by atoms with Gasteiger partial charge in [-0.2, -0.15) is 0 Å². The largest absolute Gasteiger partial charge is 0.394 e. The number of aliphatic hydroxyl groups excluding tert-OH is 1. The number of nitrogens with one attached hydrogen (secondary N) is 2. The predicted octanol–water partition coefficient (Wildman–Crippen LogP) is 0.573. The Labute approximate surface area is 149 Å². The molecule has 8 nitrogen and oxygen atoms in total. The lowest BCUT2D eigenvalue weighted by Crippen LogP contribution is -2.42. The maximum atomic E-state index is 11.7. The molecule has 25 heavy (non-hydrogen) atoms. The van der Waals surface area contributed by atoms with E-state index in [1.807, 2.05) is 6.07 Å². The van der Waals surface area contributed by atoms with Crippen molar-refractivity contribution in [3.05, 3.63) is 40.9 Å². The molecule has 3 heterocycles. The molecule has 1 amide bonds. The molecule has 2 aromatic rings. The Morgan fingerprint density at radius 3 is 2.96 bits per heavy atom. The van der Waals surface area contributed by atoms with Gasteiger partial charge in [0.25, 0.3) is 5.91 Å². The Balaban J connectivity index is 1.93. The maximum Gasteiger partial charge on any atom is 0.269 e. The van der Waals surface area contributed by atoms with Crippen molar-refractivity contribution in [2.75, 3.05) is 26.7 Å². The fourth-order valence-electron chi connectivity index (χ4n) is 2.59. The van der Waals surface area contributed by atoms with Crippen molar-refractivity contribution in [1.82, 2.24) is 25.6 Å². The van der Waals surface area contributed by atoms with E-state index in [9.17, 15) is 9.90 Å². The summed E-state index contributed by atoms with van der Waals surface area (Å²) in [6, 6.07) is 5.09. The fourth-order valence-corrected chi connectivity index (χ4v) is 2.81. The zero-order valence-electron chi connectivity index (χ0n) is 13.6. The summed E-state index contributed by atoms with van der Waals surface area (Å²) >= 11 is 6.16. The second-order valence-corrected chi connectivity index (χ2v) is 5.95. The van der Waals surface area contributed by atoms with Gasteiger partial charge < -0.3 is 20.5 Å². The number of carbonyl (C=O) groups is 1. The molecule has 0 spiro atoms. The minimum absolute atomic E-state index is 0.0590. The lowest BCUT2D eigenvalue weighted by Gasteiger charge is -2.30. The molecule has 0 radical (unpaired) electrons. The number of aliphatic hydroxyl groups is 1. The molecule has 9 heteroatoms. The number of ether oxygens (including phenoxy) is 1. The molecular weight excluding hydrogens is 346 g/mol. The van der Waals surface area contributed by atoms with Crippen LogP contribution in [0.2, 0.25) is 5.15 Å². The van der Waals surface area contributed by atoms with Gasteiger partial charge in [-0.15, -0.1) is 0 Å². The number of hydrogen-bond acceptors (Lipinski definition) is 7. The highest BCUT2D eigenvalue weighted by molar-refractivity contribution is 6.29. The molecular formula is C16H18ClN5O3. The van der Waals surface area contributed by atoms with Gasteiger partial charge in [-0.1, -0.05) is 11.6 Å². The number of pyridine rings is 1. The lowest BCUT2D eigenvalue weighted by molar-refractivity contribution is -0.0620. The number of aromatic nitrogens is 3. The van der Waals surface area contributed by atoms with Crippen molar-refractivity contribution >= 4 is 17.5 Å². The van der Waals surface area contributed by atoms with E-state index in [4.69, 9.17) is 16.3 Å². The van der Waals surface area contributed by atoms with E-state index < -0.39 is 0 Å². The fraction of sp³-hybridized carbons (Fsp3) is 0.375. The number of halogens is 1. The van der Waals surface area contributed by atoms with Gasteiger partial charge in [0.2, 0.25) is 0 Å². The molecule has 132 valence electrons. The summed E-state index contributed by atoms with van der Waals surface area (Å²) in [6.45, 7) is 1.14. The first-order valence-electron chi connectivity index (χ1n) is 7.79. The summed E-state index contributed by atoms with van der Waals surface area (Å²) in [7, 11) is 1.53. The van der Waals surface area contributed by atoms with Crippen molar-refractivity contribution in [2.24, 2.45) is 0 Å². The Bertz CT molecular complexity index is 773. The molecule has 0 aromatic carbocycles. The van der Waals surface area contributed by atoms with E-state index in [-0.39, 0.29) is 30.4 Å². The van der Waals surface area contributed by atoms with Crippen LogP contribution in [0.25, 0.3) is 11.4 Å². The third-order valence-electron chi connectivity index (χ3n) is 3.84. The third-order valence-corrected chi connectivity index (χ3v) is 4.03. The molecule has 2 atom stereocenters. The van der Waals surface area contributed by atoms with E-state index in [1.54, 1.807) is 12.1 Å². The molecule has 3 rings (SSSR count). The van der Waals surface area contributed by atoms with Crippen LogP contribution < -0.4 is 10.6 Å². The van der Waals surface area contributed by atoms with E-state index in [2.05, 4.69) is 25.6 Å². The molecule has 0 aliphatic carbocycles. The molecule has 1 fully saturated rings. The lowest BCUT2D eigenvalue weighted by atomic mass is 10.1. The van der Waals surface area contributed by atoms with Crippen LogP contribution in [0.5, 0.6) is 0 Å². The normalized spacial score (nSPS) is 20.3. The van der Waals surface area contributed by atoms with Crippen LogP contribution in [0.3, 0.4) is 0 Å². The SMILES string of the molecule is CNC(=O)c1cc(-c2cc([C@@H]3CNC[C@@H](CO)O3)cc(Cl)n2)ncn1. The zero-order valence-corrected chi connectivity index (χ0v) is 14.3. The molecule has 1 aliphatic heterocycles.